The molecule has 5 heteroatoms. The predicted octanol–water partition coefficient (Wildman–Crippen LogP) is 2.87. The molecule has 19 heavy (non-hydrogen) atoms. The molecule has 0 saturated heterocycles. The monoisotopic (exact) mass is 266 g/mol. The summed E-state index contributed by atoms with van der Waals surface area (Å²) in [6, 6.07) is 1.61. The molecule has 0 unspecified atom stereocenters. The highest BCUT2D eigenvalue weighted by Crippen LogP contribution is 2.47. The third kappa shape index (κ3) is 2.39. The zero-order chi connectivity index (χ0) is 13.7. The van der Waals surface area contributed by atoms with Crippen LogP contribution in [0.1, 0.15) is 51.1 Å². The third-order valence-corrected chi connectivity index (χ3v) is 3.78. The van der Waals surface area contributed by atoms with Gasteiger partial charge in [-0.15, -0.1) is 0 Å². The average molecular weight is 266 g/mol. The lowest BCUT2D eigenvalue weighted by atomic mass is 9.73. The molecule has 1 fully saturated rings. The van der Waals surface area contributed by atoms with E-state index in [4.69, 9.17) is 15.2 Å². The van der Waals surface area contributed by atoms with Crippen LogP contribution in [0.5, 0.6) is 11.6 Å². The van der Waals surface area contributed by atoms with Gasteiger partial charge in [-0.2, -0.15) is 4.39 Å². The van der Waals surface area contributed by atoms with Gasteiger partial charge in [0.1, 0.15) is 11.4 Å². The molecule has 1 aliphatic carbocycles. The number of nitrogens with zero attached hydrogens (tertiary/aromatic N) is 1. The number of nitrogens with two attached hydrogens (primary N) is 1. The van der Waals surface area contributed by atoms with Crippen molar-refractivity contribution in [3.8, 4) is 11.6 Å². The van der Waals surface area contributed by atoms with Crippen molar-refractivity contribution in [1.29, 1.82) is 0 Å². The molecule has 0 amide bonds. The Hall–Kier alpha value is -1.36. The molecule has 4 nitrogen and oxygen atoms in total. The molecular formula is C14H19FN2O2. The zero-order valence-corrected chi connectivity index (χ0v) is 11.3. The lowest BCUT2D eigenvalue weighted by Crippen LogP contribution is -2.48. The van der Waals surface area contributed by atoms with Gasteiger partial charge in [-0.25, -0.2) is 4.98 Å². The number of rotatable bonds is 2. The smallest absolute Gasteiger partial charge is 0.242 e. The number of ether oxygens (including phenoxy) is 2. The van der Waals surface area contributed by atoms with Gasteiger partial charge in [0.15, 0.2) is 0 Å². The molecule has 2 N–H and O–H groups in total. The number of hydrogen-bond acceptors (Lipinski definition) is 4. The second kappa shape index (κ2) is 4.07. The molecule has 2 heterocycles. The third-order valence-electron chi connectivity index (χ3n) is 3.78. The Morgan fingerprint density at radius 3 is 2.84 bits per heavy atom. The molecule has 1 spiro atoms. The Balaban J connectivity index is 1.87. The lowest BCUT2D eigenvalue weighted by Gasteiger charge is -2.46. The van der Waals surface area contributed by atoms with Crippen LogP contribution in [0.2, 0.25) is 0 Å². The van der Waals surface area contributed by atoms with E-state index in [-0.39, 0.29) is 11.6 Å². The van der Waals surface area contributed by atoms with E-state index >= 15 is 0 Å². The molecule has 1 saturated carbocycles. The highest BCUT2D eigenvalue weighted by atomic mass is 19.2. The largest absolute Gasteiger partial charge is 0.471 e. The van der Waals surface area contributed by atoms with E-state index in [0.29, 0.717) is 11.6 Å². The maximum absolute atomic E-state index is 13.5. The fourth-order valence-electron chi connectivity index (χ4n) is 2.77. The summed E-state index contributed by atoms with van der Waals surface area (Å²) >= 11 is 0. The average Bonchev–Trinajstić information content (AvgIpc) is 2.25. The van der Waals surface area contributed by atoms with Crippen molar-refractivity contribution in [3.63, 3.8) is 0 Å². The molecule has 1 aromatic heterocycles. The highest BCUT2D eigenvalue weighted by Gasteiger charge is 2.45. The predicted molar refractivity (Wildman–Crippen MR) is 68.8 cm³/mol. The van der Waals surface area contributed by atoms with Crippen LogP contribution in [0.3, 0.4) is 0 Å². The molecule has 1 aromatic rings. The number of fused-ring (bicyclic) bond motifs is 1. The summed E-state index contributed by atoms with van der Waals surface area (Å²) in [7, 11) is 0. The summed E-state index contributed by atoms with van der Waals surface area (Å²) in [6.45, 7) is 2.71. The van der Waals surface area contributed by atoms with Crippen LogP contribution in [0.15, 0.2) is 12.3 Å². The van der Waals surface area contributed by atoms with Crippen molar-refractivity contribution in [2.75, 3.05) is 0 Å². The van der Waals surface area contributed by atoms with E-state index in [0.717, 1.165) is 24.8 Å². The minimum Gasteiger partial charge on any atom is -0.471 e. The van der Waals surface area contributed by atoms with Gasteiger partial charge in [0, 0.05) is 31.9 Å². The van der Waals surface area contributed by atoms with Gasteiger partial charge in [-0.3, -0.25) is 0 Å². The topological polar surface area (TPSA) is 57.4 Å². The van der Waals surface area contributed by atoms with Crippen molar-refractivity contribution in [2.24, 2.45) is 5.73 Å². The summed E-state index contributed by atoms with van der Waals surface area (Å²) in [5.41, 5.74) is 6.89. The van der Waals surface area contributed by atoms with Crippen molar-refractivity contribution < 1.29 is 13.9 Å². The van der Waals surface area contributed by atoms with Crippen molar-refractivity contribution in [2.45, 2.75) is 57.0 Å². The first-order chi connectivity index (χ1) is 8.87. The standard InChI is InChI=1S/C14H19FN2O2/c1-13(2,15)18-9-6-10-11(16)7-14(4-3-5-14)19-12(10)17-8-9/h6,8,11H,3-5,7,16H2,1-2H3/t11-/m0/s1. The maximum Gasteiger partial charge on any atom is 0.242 e. The molecule has 104 valence electrons. The van der Waals surface area contributed by atoms with Gasteiger partial charge in [0.05, 0.1) is 6.20 Å². The highest BCUT2D eigenvalue weighted by molar-refractivity contribution is 5.38. The van der Waals surface area contributed by atoms with Crippen LogP contribution in [0.4, 0.5) is 4.39 Å². The van der Waals surface area contributed by atoms with Gasteiger partial charge in [-0.05, 0) is 25.3 Å². The number of aromatic nitrogens is 1. The van der Waals surface area contributed by atoms with Crippen molar-refractivity contribution >= 4 is 0 Å². The number of alkyl halides is 1. The first-order valence-corrected chi connectivity index (χ1v) is 6.69. The molecule has 0 radical (unpaired) electrons. The van der Waals surface area contributed by atoms with Crippen LogP contribution in [0.25, 0.3) is 0 Å². The molecule has 0 aromatic carbocycles. The van der Waals surface area contributed by atoms with E-state index in [9.17, 15) is 4.39 Å². The van der Waals surface area contributed by atoms with Gasteiger partial charge in [-0.1, -0.05) is 0 Å². The molecule has 1 atom stereocenters. The Kier molecular flexibility index (Phi) is 2.71. The van der Waals surface area contributed by atoms with E-state index in [1.54, 1.807) is 6.07 Å². The molecule has 3 rings (SSSR count). The maximum atomic E-state index is 13.5. The van der Waals surface area contributed by atoms with E-state index in [1.165, 1.54) is 26.5 Å². The summed E-state index contributed by atoms with van der Waals surface area (Å²) in [4.78, 5) is 4.24. The van der Waals surface area contributed by atoms with Crippen LogP contribution >= 0.6 is 0 Å². The van der Waals surface area contributed by atoms with Crippen LogP contribution in [-0.4, -0.2) is 16.4 Å². The lowest BCUT2D eigenvalue weighted by molar-refractivity contribution is -0.0396. The van der Waals surface area contributed by atoms with Crippen molar-refractivity contribution in [3.05, 3.63) is 17.8 Å². The quantitative estimate of drug-likeness (QED) is 0.894. The van der Waals surface area contributed by atoms with E-state index in [1.807, 2.05) is 0 Å². The summed E-state index contributed by atoms with van der Waals surface area (Å²) in [5.74, 6) is -0.776. The normalized spacial score (nSPS) is 24.3. The minimum atomic E-state index is -1.73. The van der Waals surface area contributed by atoms with Gasteiger partial charge >= 0.3 is 0 Å². The summed E-state index contributed by atoms with van der Waals surface area (Å²) in [6.07, 6.45) is 5.54. The fourth-order valence-corrected chi connectivity index (χ4v) is 2.77. The number of hydrogen-bond donors (Lipinski definition) is 1. The second-order valence-electron chi connectivity index (χ2n) is 5.98. The van der Waals surface area contributed by atoms with Crippen LogP contribution < -0.4 is 15.2 Å². The van der Waals surface area contributed by atoms with E-state index < -0.39 is 5.85 Å². The van der Waals surface area contributed by atoms with Gasteiger partial charge < -0.3 is 15.2 Å². The SMILES string of the molecule is CC(C)(F)Oc1cnc2c(c1)[C@@H](N)CC1(CCC1)O2. The van der Waals surface area contributed by atoms with Gasteiger partial charge in [0.2, 0.25) is 11.7 Å². The Labute approximate surface area is 112 Å². The van der Waals surface area contributed by atoms with Gasteiger partial charge in [0.25, 0.3) is 0 Å². The Morgan fingerprint density at radius 2 is 2.26 bits per heavy atom. The molecule has 2 aliphatic rings. The van der Waals surface area contributed by atoms with E-state index in [2.05, 4.69) is 4.98 Å². The summed E-state index contributed by atoms with van der Waals surface area (Å²) < 4.78 is 24.6. The molecule has 1 aliphatic heterocycles. The first-order valence-electron chi connectivity index (χ1n) is 6.69. The summed E-state index contributed by atoms with van der Waals surface area (Å²) in [5, 5.41) is 0. The van der Waals surface area contributed by atoms with Crippen LogP contribution in [0, 0.1) is 0 Å². The molecular weight excluding hydrogens is 247 g/mol. The molecule has 0 bridgehead atoms. The fraction of sp³-hybridized carbons (Fsp3) is 0.643. The Morgan fingerprint density at radius 1 is 1.53 bits per heavy atom. The second-order valence-corrected chi connectivity index (χ2v) is 5.98. The number of pyridine rings is 1. The number of halogens is 1. The van der Waals surface area contributed by atoms with Crippen LogP contribution in [-0.2, 0) is 0 Å². The Bertz CT molecular complexity index is 495. The first kappa shape index (κ1) is 12.7. The van der Waals surface area contributed by atoms with Crippen molar-refractivity contribution in [1.82, 2.24) is 4.98 Å². The minimum absolute atomic E-state index is 0.110. The zero-order valence-electron chi connectivity index (χ0n) is 11.3.